The Labute approximate surface area is 155 Å². The number of halogens is 2. The first-order valence-corrected chi connectivity index (χ1v) is 8.62. The Balaban J connectivity index is 1.93. The summed E-state index contributed by atoms with van der Waals surface area (Å²) < 4.78 is 1.84. The van der Waals surface area contributed by atoms with Crippen LogP contribution in [0.5, 0.6) is 0 Å². The summed E-state index contributed by atoms with van der Waals surface area (Å²) in [5.74, 6) is 1.52. The van der Waals surface area contributed by atoms with Crippen molar-refractivity contribution in [1.29, 1.82) is 0 Å². The quantitative estimate of drug-likeness (QED) is 0.764. The Morgan fingerprint density at radius 3 is 2.76 bits per heavy atom. The van der Waals surface area contributed by atoms with Gasteiger partial charge >= 0.3 is 0 Å². The van der Waals surface area contributed by atoms with Crippen LogP contribution in [-0.4, -0.2) is 27.5 Å². The molecule has 0 aliphatic carbocycles. The fraction of sp³-hybridized carbons (Fsp3) is 0.167. The largest absolute Gasteiger partial charge is 0.313 e. The molecule has 4 rings (SSSR count). The van der Waals surface area contributed by atoms with Gasteiger partial charge < -0.3 is 5.32 Å². The van der Waals surface area contributed by atoms with Crippen LogP contribution in [0.4, 0.5) is 0 Å². The zero-order valence-corrected chi connectivity index (χ0v) is 15.0. The van der Waals surface area contributed by atoms with E-state index in [1.165, 1.54) is 0 Å². The molecule has 1 aromatic heterocycles. The van der Waals surface area contributed by atoms with E-state index in [1.54, 1.807) is 0 Å². The monoisotopic (exact) mass is 371 g/mol. The molecule has 0 saturated carbocycles. The molecule has 1 aliphatic rings. The molecule has 126 valence electrons. The van der Waals surface area contributed by atoms with Crippen LogP contribution in [0, 0.1) is 0 Å². The molecule has 0 atom stereocenters. The Bertz CT molecular complexity index is 977. The van der Waals surface area contributed by atoms with Crippen molar-refractivity contribution >= 4 is 28.9 Å². The SMILES string of the molecule is CNCc1nc2n(n1)-c1ccc(Cl)cc1C(c1ccccc1Cl)=NC2. The molecule has 0 spiro atoms. The zero-order chi connectivity index (χ0) is 17.4. The van der Waals surface area contributed by atoms with E-state index in [1.807, 2.05) is 54.2 Å². The summed E-state index contributed by atoms with van der Waals surface area (Å²) in [5, 5.41) is 8.97. The van der Waals surface area contributed by atoms with Crippen molar-refractivity contribution in [3.8, 4) is 5.69 Å². The molecule has 0 saturated heterocycles. The van der Waals surface area contributed by atoms with Gasteiger partial charge in [0.25, 0.3) is 0 Å². The molecule has 5 nitrogen and oxygen atoms in total. The maximum Gasteiger partial charge on any atom is 0.165 e. The standard InChI is InChI=1S/C18H15Cl2N5/c1-21-9-16-23-17-10-22-18(12-4-2-3-5-14(12)20)13-8-11(19)6-7-15(13)25(17)24-16/h2-8,21H,9-10H2,1H3. The van der Waals surface area contributed by atoms with Crippen molar-refractivity contribution in [3.05, 3.63) is 75.3 Å². The number of rotatable bonds is 3. The van der Waals surface area contributed by atoms with E-state index in [4.69, 9.17) is 28.2 Å². The summed E-state index contributed by atoms with van der Waals surface area (Å²) in [7, 11) is 1.87. The van der Waals surface area contributed by atoms with E-state index < -0.39 is 0 Å². The molecule has 0 fully saturated rings. The minimum atomic E-state index is 0.420. The lowest BCUT2D eigenvalue weighted by molar-refractivity contribution is 0.741. The van der Waals surface area contributed by atoms with Crippen LogP contribution < -0.4 is 5.32 Å². The normalized spacial score (nSPS) is 13.0. The van der Waals surface area contributed by atoms with Gasteiger partial charge in [-0.1, -0.05) is 41.4 Å². The van der Waals surface area contributed by atoms with Gasteiger partial charge in [-0.25, -0.2) is 9.67 Å². The van der Waals surface area contributed by atoms with Gasteiger partial charge in [0.1, 0.15) is 0 Å². The third kappa shape index (κ3) is 2.95. The molecule has 1 aliphatic heterocycles. The second kappa shape index (κ2) is 6.59. The average Bonchev–Trinajstić information content (AvgIpc) is 2.93. The summed E-state index contributed by atoms with van der Waals surface area (Å²) in [5.41, 5.74) is 3.45. The smallest absolute Gasteiger partial charge is 0.165 e. The van der Waals surface area contributed by atoms with E-state index in [0.717, 1.165) is 34.2 Å². The zero-order valence-electron chi connectivity index (χ0n) is 13.5. The van der Waals surface area contributed by atoms with Gasteiger partial charge in [0.2, 0.25) is 0 Å². The van der Waals surface area contributed by atoms with Crippen molar-refractivity contribution in [2.75, 3.05) is 7.05 Å². The molecule has 0 bridgehead atoms. The van der Waals surface area contributed by atoms with Crippen molar-refractivity contribution in [1.82, 2.24) is 20.1 Å². The minimum absolute atomic E-state index is 0.420. The maximum absolute atomic E-state index is 6.41. The van der Waals surface area contributed by atoms with Crippen LogP contribution >= 0.6 is 23.2 Å². The number of aromatic nitrogens is 3. The van der Waals surface area contributed by atoms with Crippen molar-refractivity contribution in [3.63, 3.8) is 0 Å². The van der Waals surface area contributed by atoms with Crippen molar-refractivity contribution in [2.24, 2.45) is 4.99 Å². The number of hydrogen-bond acceptors (Lipinski definition) is 4. The summed E-state index contributed by atoms with van der Waals surface area (Å²) in [6.45, 7) is 1.02. The third-order valence-corrected chi connectivity index (χ3v) is 4.57. The van der Waals surface area contributed by atoms with Crippen LogP contribution in [0.3, 0.4) is 0 Å². The minimum Gasteiger partial charge on any atom is -0.313 e. The topological polar surface area (TPSA) is 55.1 Å². The van der Waals surface area contributed by atoms with E-state index in [-0.39, 0.29) is 0 Å². The first kappa shape index (κ1) is 16.3. The lowest BCUT2D eigenvalue weighted by Crippen LogP contribution is -2.10. The number of aliphatic imine (C=N–C) groups is 1. The molecule has 3 aromatic rings. The van der Waals surface area contributed by atoms with E-state index in [0.29, 0.717) is 23.1 Å². The highest BCUT2D eigenvalue weighted by molar-refractivity contribution is 6.36. The van der Waals surface area contributed by atoms with Gasteiger partial charge in [-0.3, -0.25) is 4.99 Å². The highest BCUT2D eigenvalue weighted by atomic mass is 35.5. The second-order valence-corrected chi connectivity index (χ2v) is 6.54. The first-order chi connectivity index (χ1) is 12.2. The Hall–Kier alpha value is -2.21. The van der Waals surface area contributed by atoms with E-state index in [9.17, 15) is 0 Å². The van der Waals surface area contributed by atoms with E-state index >= 15 is 0 Å². The molecule has 2 aromatic carbocycles. The number of benzene rings is 2. The first-order valence-electron chi connectivity index (χ1n) is 7.86. The average molecular weight is 372 g/mol. The summed E-state index contributed by atoms with van der Waals surface area (Å²) >= 11 is 12.7. The van der Waals surface area contributed by atoms with Crippen LogP contribution in [0.1, 0.15) is 22.8 Å². The lowest BCUT2D eigenvalue weighted by Gasteiger charge is -2.12. The molecular formula is C18H15Cl2N5. The number of nitrogens with one attached hydrogen (secondary N) is 1. The van der Waals surface area contributed by atoms with Gasteiger partial charge in [0, 0.05) is 21.2 Å². The summed E-state index contributed by atoms with van der Waals surface area (Å²) in [6, 6.07) is 13.3. The van der Waals surface area contributed by atoms with Gasteiger partial charge in [-0.05, 0) is 31.3 Å². The molecule has 7 heteroatoms. The molecule has 2 heterocycles. The fourth-order valence-electron chi connectivity index (χ4n) is 2.92. The number of fused-ring (bicyclic) bond motifs is 3. The number of hydrogen-bond donors (Lipinski definition) is 1. The van der Waals surface area contributed by atoms with Gasteiger partial charge in [-0.15, -0.1) is 5.10 Å². The Morgan fingerprint density at radius 2 is 1.96 bits per heavy atom. The van der Waals surface area contributed by atoms with Crippen molar-refractivity contribution in [2.45, 2.75) is 13.1 Å². The molecular weight excluding hydrogens is 357 g/mol. The highest BCUT2D eigenvalue weighted by Crippen LogP contribution is 2.29. The Morgan fingerprint density at radius 1 is 1.12 bits per heavy atom. The highest BCUT2D eigenvalue weighted by Gasteiger charge is 2.22. The molecule has 1 N–H and O–H groups in total. The summed E-state index contributed by atoms with van der Waals surface area (Å²) in [6.07, 6.45) is 0. The lowest BCUT2D eigenvalue weighted by atomic mass is 10.0. The van der Waals surface area contributed by atoms with Gasteiger partial charge in [-0.2, -0.15) is 0 Å². The van der Waals surface area contributed by atoms with Crippen LogP contribution in [-0.2, 0) is 13.1 Å². The number of nitrogens with zero attached hydrogens (tertiary/aromatic N) is 4. The molecule has 0 unspecified atom stereocenters. The molecule has 0 amide bonds. The van der Waals surface area contributed by atoms with Crippen molar-refractivity contribution < 1.29 is 0 Å². The van der Waals surface area contributed by atoms with Gasteiger partial charge in [0.05, 0.1) is 24.5 Å². The van der Waals surface area contributed by atoms with Crippen LogP contribution in [0.15, 0.2) is 47.5 Å². The summed E-state index contributed by atoms with van der Waals surface area (Å²) in [4.78, 5) is 9.37. The molecule has 0 radical (unpaired) electrons. The predicted molar refractivity (Wildman–Crippen MR) is 99.9 cm³/mol. The molecule has 25 heavy (non-hydrogen) atoms. The third-order valence-electron chi connectivity index (χ3n) is 4.00. The fourth-order valence-corrected chi connectivity index (χ4v) is 3.32. The maximum atomic E-state index is 6.41. The van der Waals surface area contributed by atoms with E-state index in [2.05, 4.69) is 15.4 Å². The van der Waals surface area contributed by atoms with Gasteiger partial charge in [0.15, 0.2) is 11.6 Å². The Kier molecular flexibility index (Phi) is 4.29. The predicted octanol–water partition coefficient (Wildman–Crippen LogP) is 3.64. The van der Waals surface area contributed by atoms with Crippen LogP contribution in [0.25, 0.3) is 5.69 Å². The second-order valence-electron chi connectivity index (χ2n) is 5.69. The van der Waals surface area contributed by atoms with Crippen LogP contribution in [0.2, 0.25) is 10.0 Å².